The van der Waals surface area contributed by atoms with Crippen LogP contribution in [0.4, 0.5) is 5.69 Å². The van der Waals surface area contributed by atoms with Crippen LogP contribution in [0.25, 0.3) is 0 Å². The maximum Gasteiger partial charge on any atom is 0.255 e. The van der Waals surface area contributed by atoms with E-state index < -0.39 is 0 Å². The van der Waals surface area contributed by atoms with Crippen molar-refractivity contribution < 1.29 is 4.79 Å². The van der Waals surface area contributed by atoms with Crippen LogP contribution >= 0.6 is 23.4 Å². The van der Waals surface area contributed by atoms with Crippen molar-refractivity contribution in [3.8, 4) is 0 Å². The number of aryl methyl sites for hydroxylation is 3. The summed E-state index contributed by atoms with van der Waals surface area (Å²) >= 11 is 7.42. The van der Waals surface area contributed by atoms with Gasteiger partial charge in [-0.05, 0) is 61.7 Å². The molecule has 0 saturated heterocycles. The number of rotatable bonds is 6. The third kappa shape index (κ3) is 5.71. The van der Waals surface area contributed by atoms with E-state index >= 15 is 0 Å². The average molecular weight is 428 g/mol. The highest BCUT2D eigenvalue weighted by Crippen LogP contribution is 2.21. The molecule has 29 heavy (non-hydrogen) atoms. The van der Waals surface area contributed by atoms with Crippen LogP contribution in [0.1, 0.15) is 27.9 Å². The summed E-state index contributed by atoms with van der Waals surface area (Å²) in [6.45, 7) is 5.75. The molecule has 0 spiro atoms. The Bertz CT molecular complexity index is 1110. The Morgan fingerprint density at radius 3 is 2.62 bits per heavy atom. The lowest BCUT2D eigenvalue weighted by Gasteiger charge is -2.09. The first kappa shape index (κ1) is 21.1. The lowest BCUT2D eigenvalue weighted by atomic mass is 10.1. The van der Waals surface area contributed by atoms with Crippen LogP contribution in [0.3, 0.4) is 0 Å². The van der Waals surface area contributed by atoms with E-state index in [0.29, 0.717) is 32.9 Å². The smallest absolute Gasteiger partial charge is 0.255 e. The van der Waals surface area contributed by atoms with Gasteiger partial charge in [0.15, 0.2) is 5.16 Å². The molecule has 0 bridgehead atoms. The summed E-state index contributed by atoms with van der Waals surface area (Å²) in [6, 6.07) is 13.3. The first-order valence-electron chi connectivity index (χ1n) is 9.16. The largest absolute Gasteiger partial charge is 0.326 e. The number of halogens is 1. The van der Waals surface area contributed by atoms with Crippen molar-refractivity contribution >= 4 is 35.0 Å². The Kier molecular flexibility index (Phi) is 6.77. The number of aromatic amines is 1. The summed E-state index contributed by atoms with van der Waals surface area (Å²) < 4.78 is 0. The predicted octanol–water partition coefficient (Wildman–Crippen LogP) is 4.82. The molecule has 0 aliphatic carbocycles. The second kappa shape index (κ2) is 9.29. The molecule has 5 nitrogen and oxygen atoms in total. The van der Waals surface area contributed by atoms with E-state index in [-0.39, 0.29) is 17.9 Å². The fraction of sp³-hybridized carbons (Fsp3) is 0.227. The van der Waals surface area contributed by atoms with E-state index in [1.54, 1.807) is 6.92 Å². The molecule has 0 radical (unpaired) electrons. The minimum absolute atomic E-state index is 0.0274. The van der Waals surface area contributed by atoms with Crippen molar-refractivity contribution in [2.45, 2.75) is 38.1 Å². The summed E-state index contributed by atoms with van der Waals surface area (Å²) in [5.74, 6) is 0.387. The Labute approximate surface area is 178 Å². The molecule has 2 N–H and O–H groups in total. The van der Waals surface area contributed by atoms with E-state index in [1.165, 1.54) is 11.8 Å². The quantitative estimate of drug-likeness (QED) is 0.436. The van der Waals surface area contributed by atoms with Gasteiger partial charge in [-0.1, -0.05) is 41.6 Å². The lowest BCUT2D eigenvalue weighted by molar-refractivity contribution is -0.115. The number of amides is 1. The van der Waals surface area contributed by atoms with Crippen LogP contribution < -0.4 is 10.9 Å². The fourth-order valence-electron chi connectivity index (χ4n) is 2.82. The summed E-state index contributed by atoms with van der Waals surface area (Å²) in [7, 11) is 0. The molecular weight excluding hydrogens is 406 g/mol. The van der Waals surface area contributed by atoms with Crippen LogP contribution in [-0.4, -0.2) is 15.9 Å². The second-order valence-corrected chi connectivity index (χ2v) is 8.28. The van der Waals surface area contributed by atoms with Crippen molar-refractivity contribution in [2.24, 2.45) is 0 Å². The average Bonchev–Trinajstić information content (AvgIpc) is 2.66. The third-order valence-electron chi connectivity index (χ3n) is 4.59. The summed E-state index contributed by atoms with van der Waals surface area (Å²) in [5, 5.41) is 4.03. The minimum Gasteiger partial charge on any atom is -0.326 e. The number of carbonyl (C=O) groups is 1. The van der Waals surface area contributed by atoms with Gasteiger partial charge in [-0.3, -0.25) is 9.59 Å². The monoisotopic (exact) mass is 427 g/mol. The standard InChI is InChI=1S/C22H22ClN3O2S/c1-13-7-8-18(9-14(13)2)25-20(27)11-19-15(3)24-22(26-21(19)28)29-12-16-5-4-6-17(23)10-16/h4-10H,11-12H2,1-3H3,(H,25,27)(H,24,26,28). The van der Waals surface area contributed by atoms with Crippen molar-refractivity contribution in [1.29, 1.82) is 0 Å². The number of anilines is 1. The van der Waals surface area contributed by atoms with E-state index in [0.717, 1.165) is 16.7 Å². The molecule has 1 amide bonds. The molecule has 0 saturated carbocycles. The van der Waals surface area contributed by atoms with Crippen LogP contribution in [0.2, 0.25) is 5.02 Å². The van der Waals surface area contributed by atoms with E-state index in [4.69, 9.17) is 11.6 Å². The maximum absolute atomic E-state index is 12.5. The van der Waals surface area contributed by atoms with Crippen LogP contribution in [-0.2, 0) is 17.0 Å². The molecule has 0 aliphatic rings. The zero-order chi connectivity index (χ0) is 21.0. The molecule has 3 rings (SSSR count). The number of aromatic nitrogens is 2. The number of carbonyl (C=O) groups excluding carboxylic acids is 1. The highest BCUT2D eigenvalue weighted by molar-refractivity contribution is 7.98. The first-order chi connectivity index (χ1) is 13.8. The zero-order valence-corrected chi connectivity index (χ0v) is 18.1. The van der Waals surface area contributed by atoms with E-state index in [1.807, 2.05) is 56.3 Å². The number of hydrogen-bond donors (Lipinski definition) is 2. The van der Waals surface area contributed by atoms with Gasteiger partial charge in [0.1, 0.15) is 0 Å². The molecule has 0 unspecified atom stereocenters. The topological polar surface area (TPSA) is 74.8 Å². The van der Waals surface area contributed by atoms with Gasteiger partial charge in [0.2, 0.25) is 5.91 Å². The van der Waals surface area contributed by atoms with E-state index in [2.05, 4.69) is 15.3 Å². The van der Waals surface area contributed by atoms with Gasteiger partial charge in [0.25, 0.3) is 5.56 Å². The van der Waals surface area contributed by atoms with Crippen LogP contribution in [0, 0.1) is 20.8 Å². The van der Waals surface area contributed by atoms with Gasteiger partial charge in [0, 0.05) is 27.7 Å². The lowest BCUT2D eigenvalue weighted by Crippen LogP contribution is -2.23. The SMILES string of the molecule is Cc1ccc(NC(=O)Cc2c(C)nc(SCc3cccc(Cl)c3)[nH]c2=O)cc1C. The summed E-state index contributed by atoms with van der Waals surface area (Å²) in [4.78, 5) is 32.1. The van der Waals surface area contributed by atoms with Gasteiger partial charge in [-0.2, -0.15) is 0 Å². The molecule has 3 aromatic rings. The van der Waals surface area contributed by atoms with Crippen molar-refractivity contribution in [3.63, 3.8) is 0 Å². The molecule has 1 heterocycles. The minimum atomic E-state index is -0.290. The normalized spacial score (nSPS) is 10.8. The Morgan fingerprint density at radius 1 is 1.14 bits per heavy atom. The second-order valence-electron chi connectivity index (χ2n) is 6.88. The Balaban J connectivity index is 1.67. The van der Waals surface area contributed by atoms with Gasteiger partial charge < -0.3 is 10.3 Å². The number of thioether (sulfide) groups is 1. The molecule has 0 atom stereocenters. The van der Waals surface area contributed by atoms with E-state index in [9.17, 15) is 9.59 Å². The molecule has 1 aromatic heterocycles. The number of hydrogen-bond acceptors (Lipinski definition) is 4. The molecular formula is C22H22ClN3O2S. The third-order valence-corrected chi connectivity index (χ3v) is 5.77. The maximum atomic E-state index is 12.5. The highest BCUT2D eigenvalue weighted by atomic mass is 35.5. The highest BCUT2D eigenvalue weighted by Gasteiger charge is 2.13. The molecule has 7 heteroatoms. The molecule has 0 aliphatic heterocycles. The van der Waals surface area contributed by atoms with Gasteiger partial charge in [-0.15, -0.1) is 0 Å². The van der Waals surface area contributed by atoms with Gasteiger partial charge >= 0.3 is 0 Å². The molecule has 0 fully saturated rings. The first-order valence-corrected chi connectivity index (χ1v) is 10.5. The zero-order valence-electron chi connectivity index (χ0n) is 16.5. The van der Waals surface area contributed by atoms with Crippen molar-refractivity contribution in [1.82, 2.24) is 9.97 Å². The van der Waals surface area contributed by atoms with Crippen LogP contribution in [0.15, 0.2) is 52.4 Å². The Morgan fingerprint density at radius 2 is 1.93 bits per heavy atom. The number of nitrogens with zero attached hydrogens (tertiary/aromatic N) is 1. The summed E-state index contributed by atoms with van der Waals surface area (Å²) in [5.41, 5.74) is 4.65. The van der Waals surface area contributed by atoms with Crippen molar-refractivity contribution in [2.75, 3.05) is 5.32 Å². The Hall–Kier alpha value is -2.57. The van der Waals surface area contributed by atoms with Crippen LogP contribution in [0.5, 0.6) is 0 Å². The predicted molar refractivity (Wildman–Crippen MR) is 119 cm³/mol. The van der Waals surface area contributed by atoms with Gasteiger partial charge in [-0.25, -0.2) is 4.98 Å². The van der Waals surface area contributed by atoms with Gasteiger partial charge in [0.05, 0.1) is 6.42 Å². The molecule has 150 valence electrons. The number of nitrogens with one attached hydrogen (secondary N) is 2. The fourth-order valence-corrected chi connectivity index (χ4v) is 3.89. The number of H-pyrrole nitrogens is 1. The summed E-state index contributed by atoms with van der Waals surface area (Å²) in [6.07, 6.45) is -0.0274. The molecule has 2 aromatic carbocycles. The van der Waals surface area contributed by atoms with Crippen molar-refractivity contribution in [3.05, 3.63) is 85.8 Å². The number of benzene rings is 2.